The van der Waals surface area contributed by atoms with Crippen molar-refractivity contribution in [1.29, 1.82) is 0 Å². The predicted molar refractivity (Wildman–Crippen MR) is 130 cm³/mol. The second kappa shape index (κ2) is 9.08. The SMILES string of the molecule is CN(C[C@@H]1COc2ccccc2O1)c1nc(CN2CCOCC2)nc2sc3c(c12)CCCC3. The molecule has 1 saturated heterocycles. The molecule has 0 N–H and O–H groups in total. The fraction of sp³-hybridized carbons (Fsp3) is 0.520. The van der Waals surface area contributed by atoms with E-state index in [0.29, 0.717) is 13.2 Å². The maximum atomic E-state index is 6.25. The summed E-state index contributed by atoms with van der Waals surface area (Å²) < 4.78 is 17.7. The topological polar surface area (TPSA) is 60.0 Å². The summed E-state index contributed by atoms with van der Waals surface area (Å²) in [4.78, 5) is 17.4. The number of aryl methyl sites for hydroxylation is 2. The highest BCUT2D eigenvalue weighted by molar-refractivity contribution is 7.19. The third-order valence-corrected chi connectivity index (χ3v) is 7.90. The number of nitrogens with zero attached hydrogens (tertiary/aromatic N) is 4. The summed E-state index contributed by atoms with van der Waals surface area (Å²) in [6.07, 6.45) is 4.75. The molecule has 4 heterocycles. The molecular weight excluding hydrogens is 436 g/mol. The van der Waals surface area contributed by atoms with Crippen LogP contribution in [0.15, 0.2) is 24.3 Å². The molecule has 3 aliphatic rings. The van der Waals surface area contributed by atoms with Gasteiger partial charge >= 0.3 is 0 Å². The lowest BCUT2D eigenvalue weighted by molar-refractivity contribution is 0.0331. The Labute approximate surface area is 198 Å². The molecule has 33 heavy (non-hydrogen) atoms. The van der Waals surface area contributed by atoms with E-state index in [2.05, 4.69) is 16.8 Å². The van der Waals surface area contributed by atoms with Gasteiger partial charge in [-0.05, 0) is 43.4 Å². The Bertz CT molecular complexity index is 1140. The summed E-state index contributed by atoms with van der Waals surface area (Å²) >= 11 is 1.87. The number of rotatable bonds is 5. The van der Waals surface area contributed by atoms with Crippen LogP contribution in [0, 0.1) is 0 Å². The molecule has 0 spiro atoms. The molecule has 1 aromatic carbocycles. The Morgan fingerprint density at radius 2 is 1.91 bits per heavy atom. The van der Waals surface area contributed by atoms with Crippen molar-refractivity contribution in [2.24, 2.45) is 0 Å². The van der Waals surface area contributed by atoms with Crippen molar-refractivity contribution < 1.29 is 14.2 Å². The minimum absolute atomic E-state index is 0.0490. The first-order valence-electron chi connectivity index (χ1n) is 12.0. The fourth-order valence-corrected chi connectivity index (χ4v) is 6.31. The molecule has 1 fully saturated rings. The van der Waals surface area contributed by atoms with E-state index in [4.69, 9.17) is 24.2 Å². The van der Waals surface area contributed by atoms with Crippen molar-refractivity contribution in [3.05, 3.63) is 40.5 Å². The Balaban J connectivity index is 1.31. The van der Waals surface area contributed by atoms with E-state index in [0.717, 1.165) is 73.7 Å². The van der Waals surface area contributed by atoms with Crippen LogP contribution in [0.4, 0.5) is 5.82 Å². The van der Waals surface area contributed by atoms with Crippen LogP contribution in [-0.2, 0) is 24.1 Å². The van der Waals surface area contributed by atoms with Gasteiger partial charge < -0.3 is 19.1 Å². The highest BCUT2D eigenvalue weighted by atomic mass is 32.1. The van der Waals surface area contributed by atoms with Crippen LogP contribution in [0.1, 0.15) is 29.1 Å². The molecule has 7 nitrogen and oxygen atoms in total. The van der Waals surface area contributed by atoms with Gasteiger partial charge in [0.05, 0.1) is 31.7 Å². The minimum atomic E-state index is -0.0490. The zero-order valence-electron chi connectivity index (χ0n) is 19.1. The van der Waals surface area contributed by atoms with Crippen molar-refractivity contribution in [3.8, 4) is 11.5 Å². The first kappa shape index (κ1) is 21.1. The smallest absolute Gasteiger partial charge is 0.161 e. The number of ether oxygens (including phenoxy) is 3. The number of anilines is 1. The van der Waals surface area contributed by atoms with Crippen LogP contribution in [0.25, 0.3) is 10.2 Å². The number of para-hydroxylation sites is 2. The lowest BCUT2D eigenvalue weighted by atomic mass is 9.97. The molecule has 0 bridgehead atoms. The molecule has 2 aromatic heterocycles. The molecule has 1 atom stereocenters. The van der Waals surface area contributed by atoms with E-state index in [1.165, 1.54) is 28.7 Å². The number of thiophene rings is 1. The molecular formula is C25H30N4O3S. The average Bonchev–Trinajstić information content (AvgIpc) is 3.22. The molecule has 2 aliphatic heterocycles. The van der Waals surface area contributed by atoms with E-state index < -0.39 is 0 Å². The fourth-order valence-electron chi connectivity index (χ4n) is 5.03. The first-order valence-corrected chi connectivity index (χ1v) is 12.8. The van der Waals surface area contributed by atoms with E-state index in [1.54, 1.807) is 0 Å². The van der Waals surface area contributed by atoms with Crippen LogP contribution < -0.4 is 14.4 Å². The predicted octanol–water partition coefficient (Wildman–Crippen LogP) is 3.68. The van der Waals surface area contributed by atoms with E-state index in [9.17, 15) is 0 Å². The first-order chi connectivity index (χ1) is 16.2. The minimum Gasteiger partial charge on any atom is -0.486 e. The monoisotopic (exact) mass is 466 g/mol. The largest absolute Gasteiger partial charge is 0.486 e. The van der Waals surface area contributed by atoms with Crippen molar-refractivity contribution in [3.63, 3.8) is 0 Å². The molecule has 0 amide bonds. The lowest BCUT2D eigenvalue weighted by Crippen LogP contribution is -2.40. The van der Waals surface area contributed by atoms with E-state index >= 15 is 0 Å². The summed E-state index contributed by atoms with van der Waals surface area (Å²) in [6.45, 7) is 5.44. The lowest BCUT2D eigenvalue weighted by Gasteiger charge is -2.31. The summed E-state index contributed by atoms with van der Waals surface area (Å²) in [6, 6.07) is 7.89. The molecule has 6 rings (SSSR count). The van der Waals surface area contributed by atoms with Crippen molar-refractivity contribution in [1.82, 2.24) is 14.9 Å². The molecule has 8 heteroatoms. The van der Waals surface area contributed by atoms with Gasteiger partial charge in [0.1, 0.15) is 23.1 Å². The molecule has 0 saturated carbocycles. The summed E-state index contributed by atoms with van der Waals surface area (Å²) in [7, 11) is 2.12. The van der Waals surface area contributed by atoms with E-state index in [-0.39, 0.29) is 6.10 Å². The number of aromatic nitrogens is 2. The number of morpholine rings is 1. The summed E-state index contributed by atoms with van der Waals surface area (Å²) in [5, 5.41) is 1.25. The molecule has 0 radical (unpaired) electrons. The molecule has 174 valence electrons. The van der Waals surface area contributed by atoms with Crippen molar-refractivity contribution >= 4 is 27.4 Å². The van der Waals surface area contributed by atoms with Gasteiger partial charge in [0.25, 0.3) is 0 Å². The van der Waals surface area contributed by atoms with Crippen LogP contribution >= 0.6 is 11.3 Å². The zero-order chi connectivity index (χ0) is 22.2. The quantitative estimate of drug-likeness (QED) is 0.569. The van der Waals surface area contributed by atoms with Crippen molar-refractivity contribution in [2.45, 2.75) is 38.3 Å². The Morgan fingerprint density at radius 1 is 1.09 bits per heavy atom. The van der Waals surface area contributed by atoms with Gasteiger partial charge in [-0.15, -0.1) is 11.3 Å². The van der Waals surface area contributed by atoms with Gasteiger partial charge in [-0.2, -0.15) is 0 Å². The van der Waals surface area contributed by atoms with Gasteiger partial charge in [0.15, 0.2) is 17.6 Å². The van der Waals surface area contributed by atoms with Gasteiger partial charge in [-0.25, -0.2) is 9.97 Å². The second-order valence-electron chi connectivity index (χ2n) is 9.12. The van der Waals surface area contributed by atoms with E-state index in [1.807, 2.05) is 35.6 Å². The zero-order valence-corrected chi connectivity index (χ0v) is 19.9. The Kier molecular flexibility index (Phi) is 5.82. The highest BCUT2D eigenvalue weighted by Crippen LogP contribution is 2.40. The molecule has 0 unspecified atom stereocenters. The maximum absolute atomic E-state index is 6.25. The highest BCUT2D eigenvalue weighted by Gasteiger charge is 2.27. The summed E-state index contributed by atoms with van der Waals surface area (Å²) in [5.41, 5.74) is 1.46. The summed E-state index contributed by atoms with van der Waals surface area (Å²) in [5.74, 6) is 3.57. The van der Waals surface area contributed by atoms with Gasteiger partial charge in [-0.3, -0.25) is 4.90 Å². The van der Waals surface area contributed by atoms with Gasteiger partial charge in [-0.1, -0.05) is 12.1 Å². The van der Waals surface area contributed by atoms with Gasteiger partial charge in [0, 0.05) is 25.0 Å². The van der Waals surface area contributed by atoms with Crippen LogP contribution in [0.3, 0.4) is 0 Å². The Morgan fingerprint density at radius 3 is 2.79 bits per heavy atom. The molecule has 1 aliphatic carbocycles. The molecule has 3 aromatic rings. The number of hydrogen-bond donors (Lipinski definition) is 0. The van der Waals surface area contributed by atoms with Gasteiger partial charge in [0.2, 0.25) is 0 Å². The van der Waals surface area contributed by atoms with Crippen LogP contribution in [0.2, 0.25) is 0 Å². The maximum Gasteiger partial charge on any atom is 0.161 e. The number of hydrogen-bond acceptors (Lipinski definition) is 8. The van der Waals surface area contributed by atoms with Crippen LogP contribution in [0.5, 0.6) is 11.5 Å². The third-order valence-electron chi connectivity index (χ3n) is 6.72. The third kappa shape index (κ3) is 4.27. The van der Waals surface area contributed by atoms with Crippen molar-refractivity contribution in [2.75, 3.05) is 51.4 Å². The number of likely N-dealkylation sites (N-methyl/N-ethyl adjacent to an activating group) is 1. The Hall–Kier alpha value is -2.42. The van der Waals surface area contributed by atoms with Crippen LogP contribution in [-0.4, -0.2) is 67.5 Å². The number of benzene rings is 1. The second-order valence-corrected chi connectivity index (χ2v) is 10.2. The number of fused-ring (bicyclic) bond motifs is 4. The standard InChI is InChI=1S/C25H30N4O3S/c1-28(14-17-16-31-19-7-3-4-8-20(19)32-17)24-23-18-6-2-5-9-21(18)33-25(23)27-22(26-24)15-29-10-12-30-13-11-29/h3-4,7-8,17H,2,5-6,9-16H2,1H3/t17-/m1/s1. The average molecular weight is 467 g/mol. The normalized spacial score (nSPS) is 20.6.